The monoisotopic (exact) mass is 473 g/mol. The van der Waals surface area contributed by atoms with Crippen molar-refractivity contribution in [2.45, 2.75) is 25.1 Å². The lowest BCUT2D eigenvalue weighted by Gasteiger charge is -2.30. The highest BCUT2D eigenvalue weighted by Crippen LogP contribution is 2.28. The van der Waals surface area contributed by atoms with Gasteiger partial charge in [-0.1, -0.05) is 35.3 Å². The fourth-order valence-corrected chi connectivity index (χ4v) is 5.70. The summed E-state index contributed by atoms with van der Waals surface area (Å²) in [7, 11) is -1.44. The standard InChI is InChI=1S/C21H25Cl2NO5S/c1-28-19-5-2-15(3-6-19)11-24(17-8-9-30(26,27)14-17)12-18(25)13-29-21-7-4-16(22)10-20(21)23/h2-7,10,17-18,25H,8-9,11-14H2,1H3. The van der Waals surface area contributed by atoms with E-state index in [-0.39, 0.29) is 30.7 Å². The van der Waals surface area contributed by atoms with E-state index in [2.05, 4.69) is 0 Å². The molecule has 2 unspecified atom stereocenters. The van der Waals surface area contributed by atoms with E-state index in [1.54, 1.807) is 25.3 Å². The van der Waals surface area contributed by atoms with Crippen LogP contribution in [0.1, 0.15) is 12.0 Å². The number of ether oxygens (including phenoxy) is 2. The van der Waals surface area contributed by atoms with Gasteiger partial charge in [-0.15, -0.1) is 0 Å². The summed E-state index contributed by atoms with van der Waals surface area (Å²) in [5, 5.41) is 11.4. The third-order valence-corrected chi connectivity index (χ3v) is 7.32. The van der Waals surface area contributed by atoms with Crippen LogP contribution in [0.2, 0.25) is 10.0 Å². The fraction of sp³-hybridized carbons (Fsp3) is 0.429. The maximum atomic E-state index is 12.0. The van der Waals surface area contributed by atoms with E-state index in [9.17, 15) is 13.5 Å². The molecule has 30 heavy (non-hydrogen) atoms. The summed E-state index contributed by atoms with van der Waals surface area (Å²) in [6.45, 7) is 0.820. The molecule has 1 saturated heterocycles. The number of benzene rings is 2. The summed E-state index contributed by atoms with van der Waals surface area (Å²) in [6, 6.07) is 12.3. The molecule has 0 saturated carbocycles. The van der Waals surface area contributed by atoms with Gasteiger partial charge in [0.25, 0.3) is 0 Å². The van der Waals surface area contributed by atoms with E-state index in [4.69, 9.17) is 32.7 Å². The van der Waals surface area contributed by atoms with Gasteiger partial charge in [0.15, 0.2) is 9.84 Å². The predicted molar refractivity (Wildman–Crippen MR) is 118 cm³/mol. The molecule has 2 aromatic rings. The van der Waals surface area contributed by atoms with Gasteiger partial charge in [-0.05, 0) is 42.3 Å². The lowest BCUT2D eigenvalue weighted by molar-refractivity contribution is 0.0525. The van der Waals surface area contributed by atoms with Crippen LogP contribution in [-0.2, 0) is 16.4 Å². The number of aliphatic hydroxyl groups excluding tert-OH is 1. The highest BCUT2D eigenvalue weighted by atomic mass is 35.5. The first-order valence-corrected chi connectivity index (χ1v) is 12.2. The van der Waals surface area contributed by atoms with Crippen LogP contribution in [0.4, 0.5) is 0 Å². The second kappa shape index (κ2) is 10.2. The number of hydrogen-bond acceptors (Lipinski definition) is 6. The third kappa shape index (κ3) is 6.49. The van der Waals surface area contributed by atoms with Crippen molar-refractivity contribution < 1.29 is 23.0 Å². The normalized spacial score (nSPS) is 19.0. The average molecular weight is 474 g/mol. The Balaban J connectivity index is 1.66. The summed E-state index contributed by atoms with van der Waals surface area (Å²) in [5.41, 5.74) is 1.01. The maximum Gasteiger partial charge on any atom is 0.151 e. The molecule has 1 heterocycles. The van der Waals surface area contributed by atoms with Gasteiger partial charge >= 0.3 is 0 Å². The third-order valence-electron chi connectivity index (χ3n) is 5.04. The van der Waals surface area contributed by atoms with Crippen molar-refractivity contribution in [2.24, 2.45) is 0 Å². The summed E-state index contributed by atoms with van der Waals surface area (Å²) in [4.78, 5) is 2.00. The molecule has 164 valence electrons. The maximum absolute atomic E-state index is 12.0. The molecule has 6 nitrogen and oxygen atoms in total. The number of hydrogen-bond donors (Lipinski definition) is 1. The van der Waals surface area contributed by atoms with E-state index < -0.39 is 15.9 Å². The molecule has 0 amide bonds. The SMILES string of the molecule is COc1ccc(CN(CC(O)COc2ccc(Cl)cc2Cl)C2CCS(=O)(=O)C2)cc1. The van der Waals surface area contributed by atoms with E-state index in [0.29, 0.717) is 28.8 Å². The lowest BCUT2D eigenvalue weighted by Crippen LogP contribution is -2.42. The van der Waals surface area contributed by atoms with E-state index in [1.807, 2.05) is 29.2 Å². The number of halogens is 2. The quantitative estimate of drug-likeness (QED) is 0.600. The summed E-state index contributed by atoms with van der Waals surface area (Å²) in [5.74, 6) is 1.45. The minimum atomic E-state index is -3.05. The molecular weight excluding hydrogens is 449 g/mol. The predicted octanol–water partition coefficient (Wildman–Crippen LogP) is 3.43. The number of rotatable bonds is 9. The van der Waals surface area contributed by atoms with Crippen LogP contribution in [0, 0.1) is 0 Å². The van der Waals surface area contributed by atoms with Gasteiger partial charge in [-0.2, -0.15) is 0 Å². The van der Waals surface area contributed by atoms with Crippen LogP contribution in [0.25, 0.3) is 0 Å². The second-order valence-corrected chi connectivity index (χ2v) is 10.4. The van der Waals surface area contributed by atoms with Gasteiger partial charge in [-0.3, -0.25) is 4.90 Å². The lowest BCUT2D eigenvalue weighted by atomic mass is 10.1. The van der Waals surface area contributed by atoms with Crippen LogP contribution in [0.3, 0.4) is 0 Å². The first kappa shape index (κ1) is 23.2. The zero-order chi connectivity index (χ0) is 21.7. The Morgan fingerprint density at radius 3 is 2.53 bits per heavy atom. The van der Waals surface area contributed by atoms with Crippen molar-refractivity contribution in [3.8, 4) is 11.5 Å². The number of aliphatic hydroxyl groups is 1. The van der Waals surface area contributed by atoms with Gasteiger partial charge in [0.05, 0.1) is 23.6 Å². The van der Waals surface area contributed by atoms with E-state index in [0.717, 1.165) is 11.3 Å². The largest absolute Gasteiger partial charge is 0.497 e. The first-order valence-electron chi connectivity index (χ1n) is 9.59. The molecule has 1 aliphatic heterocycles. The molecular formula is C21H25Cl2NO5S. The molecule has 2 atom stereocenters. The smallest absolute Gasteiger partial charge is 0.151 e. The molecule has 1 fully saturated rings. The highest BCUT2D eigenvalue weighted by Gasteiger charge is 2.33. The molecule has 0 aromatic heterocycles. The van der Waals surface area contributed by atoms with Crippen LogP contribution in [0.15, 0.2) is 42.5 Å². The van der Waals surface area contributed by atoms with Crippen molar-refractivity contribution in [1.82, 2.24) is 4.90 Å². The van der Waals surface area contributed by atoms with Crippen LogP contribution >= 0.6 is 23.2 Å². The molecule has 1 aliphatic rings. The minimum absolute atomic E-state index is 0.0277. The second-order valence-electron chi connectivity index (χ2n) is 7.37. The van der Waals surface area contributed by atoms with Gasteiger partial charge in [0.1, 0.15) is 24.2 Å². The molecule has 1 N–H and O–H groups in total. The first-order chi connectivity index (χ1) is 14.3. The van der Waals surface area contributed by atoms with Crippen molar-refractivity contribution >= 4 is 33.0 Å². The van der Waals surface area contributed by atoms with E-state index >= 15 is 0 Å². The molecule has 0 aliphatic carbocycles. The Morgan fingerprint density at radius 1 is 1.20 bits per heavy atom. The zero-order valence-corrected chi connectivity index (χ0v) is 19.0. The summed E-state index contributed by atoms with van der Waals surface area (Å²) in [6.07, 6.45) is -0.270. The summed E-state index contributed by atoms with van der Waals surface area (Å²) < 4.78 is 34.8. The highest BCUT2D eigenvalue weighted by molar-refractivity contribution is 7.91. The molecule has 0 radical (unpaired) electrons. The number of methoxy groups -OCH3 is 1. The molecule has 3 rings (SSSR count). The number of nitrogens with zero attached hydrogens (tertiary/aromatic N) is 1. The van der Waals surface area contributed by atoms with Gasteiger partial charge in [0.2, 0.25) is 0 Å². The van der Waals surface area contributed by atoms with Crippen molar-refractivity contribution in [3.05, 3.63) is 58.1 Å². The number of sulfone groups is 1. The molecule has 2 aromatic carbocycles. The fourth-order valence-electron chi connectivity index (χ4n) is 3.47. The van der Waals surface area contributed by atoms with Crippen molar-refractivity contribution in [1.29, 1.82) is 0 Å². The Bertz CT molecular complexity index is 952. The van der Waals surface area contributed by atoms with Crippen LogP contribution in [-0.4, -0.2) is 62.3 Å². The molecule has 9 heteroatoms. The van der Waals surface area contributed by atoms with Crippen molar-refractivity contribution in [2.75, 3.05) is 31.8 Å². The van der Waals surface area contributed by atoms with E-state index in [1.165, 1.54) is 0 Å². The van der Waals surface area contributed by atoms with Gasteiger partial charge in [-0.25, -0.2) is 8.42 Å². The Kier molecular flexibility index (Phi) is 7.87. The van der Waals surface area contributed by atoms with Gasteiger partial charge in [0, 0.05) is 24.2 Å². The summed E-state index contributed by atoms with van der Waals surface area (Å²) >= 11 is 12.0. The van der Waals surface area contributed by atoms with Crippen LogP contribution in [0.5, 0.6) is 11.5 Å². The minimum Gasteiger partial charge on any atom is -0.497 e. The Hall–Kier alpha value is -1.51. The van der Waals surface area contributed by atoms with Gasteiger partial charge < -0.3 is 14.6 Å². The average Bonchev–Trinajstić information content (AvgIpc) is 3.07. The Morgan fingerprint density at radius 2 is 1.93 bits per heavy atom. The Labute approximate surface area is 187 Å². The topological polar surface area (TPSA) is 76.1 Å². The molecule has 0 bridgehead atoms. The van der Waals surface area contributed by atoms with Crippen molar-refractivity contribution in [3.63, 3.8) is 0 Å². The zero-order valence-electron chi connectivity index (χ0n) is 16.6. The van der Waals surface area contributed by atoms with Crippen LogP contribution < -0.4 is 9.47 Å². The molecule has 0 spiro atoms.